The summed E-state index contributed by atoms with van der Waals surface area (Å²) in [5, 5.41) is 0.161. The van der Waals surface area contributed by atoms with Crippen LogP contribution in [0.25, 0.3) is 0 Å². The molecule has 0 atom stereocenters. The molecule has 0 radical (unpaired) electrons. The molecule has 0 bridgehead atoms. The van der Waals surface area contributed by atoms with E-state index in [2.05, 4.69) is 4.74 Å². The van der Waals surface area contributed by atoms with E-state index in [1.54, 1.807) is 0 Å². The van der Waals surface area contributed by atoms with Crippen molar-refractivity contribution in [3.8, 4) is 0 Å². The Balaban J connectivity index is 2.28. The van der Waals surface area contributed by atoms with Crippen LogP contribution in [0.3, 0.4) is 0 Å². The summed E-state index contributed by atoms with van der Waals surface area (Å²) in [6.07, 6.45) is 1.94. The van der Waals surface area contributed by atoms with E-state index >= 15 is 0 Å². The first-order valence-electron chi connectivity index (χ1n) is 5.62. The monoisotopic (exact) mass is 270 g/mol. The lowest BCUT2D eigenvalue weighted by molar-refractivity contribution is -0.119. The first-order valence-corrected chi connectivity index (χ1v) is 5.99. The molecule has 0 aromatic heterocycles. The maximum atomic E-state index is 13.5. The molecular formula is C13H12ClFO3. The maximum absolute atomic E-state index is 13.5. The first-order chi connectivity index (χ1) is 8.52. The highest BCUT2D eigenvalue weighted by Crippen LogP contribution is 2.32. The molecule has 96 valence electrons. The van der Waals surface area contributed by atoms with Gasteiger partial charge >= 0.3 is 5.97 Å². The van der Waals surface area contributed by atoms with Gasteiger partial charge in [0.1, 0.15) is 11.6 Å². The third kappa shape index (κ3) is 2.70. The van der Waals surface area contributed by atoms with Crippen LogP contribution in [-0.2, 0) is 16.0 Å². The van der Waals surface area contributed by atoms with Crippen LogP contribution in [0.2, 0.25) is 5.02 Å². The van der Waals surface area contributed by atoms with Crippen molar-refractivity contribution in [2.24, 2.45) is 5.92 Å². The number of hydrogen-bond acceptors (Lipinski definition) is 3. The Labute approximate surface area is 109 Å². The van der Waals surface area contributed by atoms with Gasteiger partial charge in [-0.05, 0) is 30.5 Å². The second kappa shape index (κ2) is 5.06. The minimum atomic E-state index is -0.774. The Hall–Kier alpha value is -1.42. The zero-order valence-corrected chi connectivity index (χ0v) is 10.6. The fraction of sp³-hybridized carbons (Fsp3) is 0.385. The summed E-state index contributed by atoms with van der Waals surface area (Å²) in [4.78, 5) is 23.0. The average Bonchev–Trinajstić information content (AvgIpc) is 3.15. The zero-order chi connectivity index (χ0) is 13.3. The van der Waals surface area contributed by atoms with Gasteiger partial charge in [-0.1, -0.05) is 11.6 Å². The number of ether oxygens (including phenoxy) is 1. The fourth-order valence-corrected chi connectivity index (χ4v) is 1.95. The highest BCUT2D eigenvalue weighted by Gasteiger charge is 2.30. The van der Waals surface area contributed by atoms with Gasteiger partial charge in [0.25, 0.3) is 0 Å². The topological polar surface area (TPSA) is 43.4 Å². The van der Waals surface area contributed by atoms with Crippen LogP contribution in [0.4, 0.5) is 4.39 Å². The molecule has 1 aromatic rings. The maximum Gasteiger partial charge on any atom is 0.340 e. The van der Waals surface area contributed by atoms with Gasteiger partial charge in [-0.25, -0.2) is 9.18 Å². The summed E-state index contributed by atoms with van der Waals surface area (Å²) in [7, 11) is 1.17. The number of halogens is 2. The standard InChI is InChI=1S/C13H12ClFO3/c1-18-13(17)9-4-8(10(14)6-11(9)15)5-12(16)7-2-3-7/h4,6-7H,2-3,5H2,1H3. The normalized spacial score (nSPS) is 14.4. The SMILES string of the molecule is COC(=O)c1cc(CC(=O)C2CC2)c(Cl)cc1F. The molecule has 1 aliphatic carbocycles. The number of rotatable bonds is 4. The van der Waals surface area contributed by atoms with Crippen LogP contribution in [0.1, 0.15) is 28.8 Å². The Bertz CT molecular complexity index is 509. The van der Waals surface area contributed by atoms with E-state index in [0.29, 0.717) is 5.56 Å². The van der Waals surface area contributed by atoms with Gasteiger partial charge in [0.2, 0.25) is 0 Å². The average molecular weight is 271 g/mol. The van der Waals surface area contributed by atoms with Crippen LogP contribution in [-0.4, -0.2) is 18.9 Å². The first kappa shape index (κ1) is 13.0. The lowest BCUT2D eigenvalue weighted by Crippen LogP contribution is -2.09. The Morgan fingerprint density at radius 3 is 2.67 bits per heavy atom. The summed E-state index contributed by atoms with van der Waals surface area (Å²) in [5.74, 6) is -1.33. The number of carbonyl (C=O) groups excluding carboxylic acids is 2. The van der Waals surface area contributed by atoms with Crippen molar-refractivity contribution >= 4 is 23.4 Å². The van der Waals surface area contributed by atoms with Gasteiger partial charge in [0.05, 0.1) is 12.7 Å². The summed E-state index contributed by atoms with van der Waals surface area (Å²) in [6.45, 7) is 0. The van der Waals surface area contributed by atoms with Gasteiger partial charge in [0.15, 0.2) is 0 Å². The van der Waals surface area contributed by atoms with Crippen molar-refractivity contribution in [2.75, 3.05) is 7.11 Å². The van der Waals surface area contributed by atoms with Gasteiger partial charge in [-0.2, -0.15) is 0 Å². The van der Waals surface area contributed by atoms with Crippen LogP contribution in [0.15, 0.2) is 12.1 Å². The molecule has 3 nitrogen and oxygen atoms in total. The van der Waals surface area contributed by atoms with E-state index in [-0.39, 0.29) is 28.7 Å². The number of methoxy groups -OCH3 is 1. The van der Waals surface area contributed by atoms with Gasteiger partial charge in [-0.3, -0.25) is 4.79 Å². The molecule has 0 spiro atoms. The van der Waals surface area contributed by atoms with Crippen molar-refractivity contribution in [1.29, 1.82) is 0 Å². The van der Waals surface area contributed by atoms with E-state index in [9.17, 15) is 14.0 Å². The molecule has 1 aliphatic rings. The van der Waals surface area contributed by atoms with Gasteiger partial charge in [0, 0.05) is 17.4 Å². The molecular weight excluding hydrogens is 259 g/mol. The van der Waals surface area contributed by atoms with E-state index in [4.69, 9.17) is 11.6 Å². The Morgan fingerprint density at radius 2 is 2.11 bits per heavy atom. The highest BCUT2D eigenvalue weighted by molar-refractivity contribution is 6.31. The zero-order valence-electron chi connectivity index (χ0n) is 9.83. The number of esters is 1. The van der Waals surface area contributed by atoms with E-state index in [0.717, 1.165) is 18.9 Å². The quantitative estimate of drug-likeness (QED) is 0.790. The minimum Gasteiger partial charge on any atom is -0.465 e. The second-order valence-corrected chi connectivity index (χ2v) is 4.74. The molecule has 0 saturated heterocycles. The Kier molecular flexibility index (Phi) is 3.66. The number of carbonyl (C=O) groups is 2. The van der Waals surface area contributed by atoms with Gasteiger partial charge < -0.3 is 4.74 Å². The third-order valence-corrected chi connectivity index (χ3v) is 3.29. The third-order valence-electron chi connectivity index (χ3n) is 2.94. The summed E-state index contributed by atoms with van der Waals surface area (Å²) >= 11 is 5.87. The van der Waals surface area contributed by atoms with Crippen molar-refractivity contribution in [1.82, 2.24) is 0 Å². The number of Topliss-reactive ketones (excluding diaryl/α,β-unsaturated/α-hetero) is 1. The van der Waals surface area contributed by atoms with E-state index in [1.807, 2.05) is 0 Å². The molecule has 0 heterocycles. The minimum absolute atomic E-state index is 0.0827. The van der Waals surface area contributed by atoms with Crippen LogP contribution in [0.5, 0.6) is 0 Å². The predicted octanol–water partition coefficient (Wildman–Crippen LogP) is 2.79. The van der Waals surface area contributed by atoms with Crippen LogP contribution < -0.4 is 0 Å². The predicted molar refractivity (Wildman–Crippen MR) is 64.2 cm³/mol. The molecule has 0 N–H and O–H groups in total. The Morgan fingerprint density at radius 1 is 1.44 bits per heavy atom. The smallest absolute Gasteiger partial charge is 0.340 e. The van der Waals surface area contributed by atoms with E-state index in [1.165, 1.54) is 13.2 Å². The second-order valence-electron chi connectivity index (χ2n) is 4.33. The van der Waals surface area contributed by atoms with Crippen molar-refractivity contribution in [3.63, 3.8) is 0 Å². The van der Waals surface area contributed by atoms with Crippen LogP contribution in [0, 0.1) is 11.7 Å². The molecule has 0 amide bonds. The number of benzene rings is 1. The largest absolute Gasteiger partial charge is 0.465 e. The molecule has 1 saturated carbocycles. The lowest BCUT2D eigenvalue weighted by atomic mass is 10.0. The molecule has 1 aromatic carbocycles. The van der Waals surface area contributed by atoms with Crippen LogP contribution >= 0.6 is 11.6 Å². The van der Waals surface area contributed by atoms with Gasteiger partial charge in [-0.15, -0.1) is 0 Å². The highest BCUT2D eigenvalue weighted by atomic mass is 35.5. The van der Waals surface area contributed by atoms with E-state index < -0.39 is 11.8 Å². The summed E-state index contributed by atoms with van der Waals surface area (Å²) in [5.41, 5.74) is 0.274. The lowest BCUT2D eigenvalue weighted by Gasteiger charge is -2.07. The van der Waals surface area contributed by atoms with Crippen molar-refractivity contribution in [3.05, 3.63) is 34.1 Å². The molecule has 5 heteroatoms. The fourth-order valence-electron chi connectivity index (χ4n) is 1.73. The molecule has 0 aliphatic heterocycles. The summed E-state index contributed by atoms with van der Waals surface area (Å²) in [6, 6.07) is 2.34. The molecule has 2 rings (SSSR count). The number of hydrogen-bond donors (Lipinski definition) is 0. The van der Waals surface area contributed by atoms with Crippen molar-refractivity contribution in [2.45, 2.75) is 19.3 Å². The summed E-state index contributed by atoms with van der Waals surface area (Å²) < 4.78 is 18.0. The molecule has 18 heavy (non-hydrogen) atoms. The molecule has 0 unspecified atom stereocenters. The van der Waals surface area contributed by atoms with Crippen molar-refractivity contribution < 1.29 is 18.7 Å². The number of ketones is 1. The molecule has 1 fully saturated rings.